The highest BCUT2D eigenvalue weighted by Gasteiger charge is 2.32. The van der Waals surface area contributed by atoms with Crippen LogP contribution >= 0.6 is 0 Å². The second kappa shape index (κ2) is 9.61. The van der Waals surface area contributed by atoms with Gasteiger partial charge in [-0.3, -0.25) is 9.59 Å². The van der Waals surface area contributed by atoms with Crippen molar-refractivity contribution in [2.45, 2.75) is 25.0 Å². The molecule has 164 valence electrons. The largest absolute Gasteiger partial charge is 0.480 e. The fraction of sp³-hybridized carbons (Fsp3) is 0.348. The summed E-state index contributed by atoms with van der Waals surface area (Å²) in [5.41, 5.74) is 4.39. The fourth-order valence-corrected chi connectivity index (χ4v) is 3.80. The van der Waals surface area contributed by atoms with E-state index < -0.39 is 36.7 Å². The van der Waals surface area contributed by atoms with Gasteiger partial charge in [-0.05, 0) is 29.2 Å². The molecular weight excluding hydrogens is 400 g/mol. The summed E-state index contributed by atoms with van der Waals surface area (Å²) in [6.45, 7) is 1.23. The SMILES string of the molecule is CO[C@H](C)[C@H](NC(=O)OCC1c2ccccc2-c2ccccc21)C(=O)N(C)CC(=O)O. The number of alkyl carbamates (subject to hydrolysis) is 1. The van der Waals surface area contributed by atoms with Crippen molar-refractivity contribution in [2.75, 3.05) is 27.3 Å². The predicted molar refractivity (Wildman–Crippen MR) is 114 cm³/mol. The van der Waals surface area contributed by atoms with Gasteiger partial charge in [-0.2, -0.15) is 0 Å². The van der Waals surface area contributed by atoms with Gasteiger partial charge in [0.25, 0.3) is 0 Å². The number of benzene rings is 2. The lowest BCUT2D eigenvalue weighted by molar-refractivity contribution is -0.145. The third kappa shape index (κ3) is 4.86. The number of nitrogens with one attached hydrogen (secondary N) is 1. The number of carbonyl (C=O) groups is 3. The topological polar surface area (TPSA) is 105 Å². The molecule has 3 rings (SSSR count). The lowest BCUT2D eigenvalue weighted by Gasteiger charge is -2.27. The lowest BCUT2D eigenvalue weighted by atomic mass is 9.98. The lowest BCUT2D eigenvalue weighted by Crippen LogP contribution is -2.54. The number of ether oxygens (including phenoxy) is 2. The molecular formula is C23H26N2O6. The molecule has 0 saturated carbocycles. The minimum Gasteiger partial charge on any atom is -0.480 e. The molecule has 8 nitrogen and oxygen atoms in total. The molecule has 2 N–H and O–H groups in total. The summed E-state index contributed by atoms with van der Waals surface area (Å²) in [7, 11) is 2.76. The summed E-state index contributed by atoms with van der Waals surface area (Å²) in [6.07, 6.45) is -1.45. The van der Waals surface area contributed by atoms with Crippen LogP contribution in [-0.2, 0) is 19.1 Å². The Bertz CT molecular complexity index is 931. The third-order valence-electron chi connectivity index (χ3n) is 5.47. The molecule has 0 aromatic heterocycles. The van der Waals surface area contributed by atoms with E-state index in [9.17, 15) is 14.4 Å². The van der Waals surface area contributed by atoms with Gasteiger partial charge in [0, 0.05) is 20.1 Å². The van der Waals surface area contributed by atoms with E-state index in [1.165, 1.54) is 14.2 Å². The van der Waals surface area contributed by atoms with Gasteiger partial charge in [-0.25, -0.2) is 4.79 Å². The average Bonchev–Trinajstić information content (AvgIpc) is 3.08. The number of carboxylic acids is 1. The minimum atomic E-state index is -1.15. The quantitative estimate of drug-likeness (QED) is 0.672. The fourth-order valence-electron chi connectivity index (χ4n) is 3.80. The smallest absolute Gasteiger partial charge is 0.407 e. The van der Waals surface area contributed by atoms with Gasteiger partial charge in [0.2, 0.25) is 5.91 Å². The first-order valence-electron chi connectivity index (χ1n) is 9.94. The molecule has 0 unspecified atom stereocenters. The second-order valence-corrected chi connectivity index (χ2v) is 7.48. The molecule has 0 radical (unpaired) electrons. The molecule has 0 fully saturated rings. The normalized spacial score (nSPS) is 14.2. The molecule has 8 heteroatoms. The van der Waals surface area contributed by atoms with Gasteiger partial charge >= 0.3 is 12.1 Å². The Labute approximate surface area is 180 Å². The number of nitrogens with zero attached hydrogens (tertiary/aromatic N) is 1. The maximum atomic E-state index is 12.6. The number of methoxy groups -OCH3 is 1. The maximum Gasteiger partial charge on any atom is 0.407 e. The van der Waals surface area contributed by atoms with Crippen LogP contribution in [0.5, 0.6) is 0 Å². The summed E-state index contributed by atoms with van der Waals surface area (Å²) >= 11 is 0. The highest BCUT2D eigenvalue weighted by atomic mass is 16.5. The van der Waals surface area contributed by atoms with Gasteiger partial charge < -0.3 is 24.8 Å². The number of hydrogen-bond acceptors (Lipinski definition) is 5. The van der Waals surface area contributed by atoms with Crippen LogP contribution in [-0.4, -0.2) is 67.4 Å². The van der Waals surface area contributed by atoms with Gasteiger partial charge in [0.05, 0.1) is 6.10 Å². The van der Waals surface area contributed by atoms with Crippen LogP contribution in [0.1, 0.15) is 24.0 Å². The number of rotatable bonds is 8. The summed E-state index contributed by atoms with van der Waals surface area (Å²) < 4.78 is 10.7. The van der Waals surface area contributed by atoms with Gasteiger partial charge in [0.1, 0.15) is 19.2 Å². The molecule has 0 bridgehead atoms. The Morgan fingerprint density at radius 3 is 2.13 bits per heavy atom. The summed E-state index contributed by atoms with van der Waals surface area (Å²) in [5, 5.41) is 11.4. The monoisotopic (exact) mass is 426 g/mol. The zero-order valence-corrected chi connectivity index (χ0v) is 17.7. The number of likely N-dealkylation sites (N-methyl/N-ethyl adjacent to an activating group) is 1. The predicted octanol–water partition coefficient (Wildman–Crippen LogP) is 2.47. The first kappa shape index (κ1) is 22.3. The number of amides is 2. The number of carbonyl (C=O) groups excluding carboxylic acids is 2. The molecule has 0 spiro atoms. The van der Waals surface area contributed by atoms with Crippen LogP contribution in [0.3, 0.4) is 0 Å². The molecule has 0 heterocycles. The highest BCUT2D eigenvalue weighted by molar-refractivity contribution is 5.88. The van der Waals surface area contributed by atoms with Crippen molar-refractivity contribution in [1.29, 1.82) is 0 Å². The van der Waals surface area contributed by atoms with Crippen LogP contribution < -0.4 is 5.32 Å². The Morgan fingerprint density at radius 1 is 1.06 bits per heavy atom. The minimum absolute atomic E-state index is 0.104. The van der Waals surface area contributed by atoms with Gasteiger partial charge in [-0.1, -0.05) is 48.5 Å². The standard InChI is InChI=1S/C23H26N2O6/c1-14(30-3)21(22(28)25(2)12-20(26)27)24-23(29)31-13-19-17-10-6-4-8-15(17)16-9-5-7-11-18(16)19/h4-11,14,19,21H,12-13H2,1-3H3,(H,24,29)(H,26,27)/t14-,21+/m1/s1. The Kier molecular flexibility index (Phi) is 6.91. The van der Waals surface area contributed by atoms with Crippen LogP contribution in [0.2, 0.25) is 0 Å². The first-order valence-corrected chi connectivity index (χ1v) is 9.94. The van der Waals surface area contributed by atoms with Crippen molar-refractivity contribution in [3.05, 3.63) is 59.7 Å². The summed E-state index contributed by atoms with van der Waals surface area (Å²) in [4.78, 5) is 37.1. The average molecular weight is 426 g/mol. The van der Waals surface area contributed by atoms with E-state index in [0.29, 0.717) is 0 Å². The van der Waals surface area contributed by atoms with Crippen LogP contribution in [0, 0.1) is 0 Å². The molecule has 1 aliphatic carbocycles. The Balaban J connectivity index is 1.69. The molecule has 2 aromatic rings. The van der Waals surface area contributed by atoms with E-state index in [2.05, 4.69) is 5.32 Å². The zero-order valence-electron chi connectivity index (χ0n) is 17.7. The molecule has 2 atom stereocenters. The molecule has 31 heavy (non-hydrogen) atoms. The first-order chi connectivity index (χ1) is 14.8. The van der Waals surface area contributed by atoms with Crippen molar-refractivity contribution >= 4 is 18.0 Å². The Hall–Kier alpha value is -3.39. The van der Waals surface area contributed by atoms with Crippen molar-refractivity contribution in [3.63, 3.8) is 0 Å². The Morgan fingerprint density at radius 2 is 1.61 bits per heavy atom. The highest BCUT2D eigenvalue weighted by Crippen LogP contribution is 2.44. The van der Waals surface area contributed by atoms with E-state index in [0.717, 1.165) is 27.2 Å². The second-order valence-electron chi connectivity index (χ2n) is 7.48. The van der Waals surface area contributed by atoms with Crippen molar-refractivity contribution in [2.24, 2.45) is 0 Å². The van der Waals surface area contributed by atoms with E-state index in [1.807, 2.05) is 48.5 Å². The zero-order chi connectivity index (χ0) is 22.5. The van der Waals surface area contributed by atoms with E-state index in [-0.39, 0.29) is 12.5 Å². The van der Waals surface area contributed by atoms with Gasteiger partial charge in [-0.15, -0.1) is 0 Å². The molecule has 2 amide bonds. The van der Waals surface area contributed by atoms with Crippen LogP contribution in [0.15, 0.2) is 48.5 Å². The molecule has 2 aromatic carbocycles. The van der Waals surface area contributed by atoms with E-state index in [4.69, 9.17) is 14.6 Å². The van der Waals surface area contributed by atoms with Crippen molar-refractivity contribution in [1.82, 2.24) is 10.2 Å². The summed E-state index contributed by atoms with van der Waals surface area (Å²) in [5.74, 6) is -1.84. The summed E-state index contributed by atoms with van der Waals surface area (Å²) in [6, 6.07) is 14.9. The molecule has 0 saturated heterocycles. The van der Waals surface area contributed by atoms with E-state index >= 15 is 0 Å². The maximum absolute atomic E-state index is 12.6. The van der Waals surface area contributed by atoms with Crippen LogP contribution in [0.4, 0.5) is 4.79 Å². The molecule has 0 aliphatic heterocycles. The number of hydrogen-bond donors (Lipinski definition) is 2. The van der Waals surface area contributed by atoms with Crippen molar-refractivity contribution in [3.8, 4) is 11.1 Å². The van der Waals surface area contributed by atoms with E-state index in [1.54, 1.807) is 6.92 Å². The van der Waals surface area contributed by atoms with Crippen molar-refractivity contribution < 1.29 is 29.0 Å². The molecule has 1 aliphatic rings. The van der Waals surface area contributed by atoms with Crippen LogP contribution in [0.25, 0.3) is 11.1 Å². The number of aliphatic carboxylic acids is 1. The third-order valence-corrected chi connectivity index (χ3v) is 5.47. The van der Waals surface area contributed by atoms with Gasteiger partial charge in [0.15, 0.2) is 0 Å². The number of carboxylic acid groups (broad SMARTS) is 1. The number of fused-ring (bicyclic) bond motifs is 3.